The van der Waals surface area contributed by atoms with Crippen LogP contribution in [-0.2, 0) is 14.3 Å². The molecule has 1 saturated heterocycles. The van der Waals surface area contributed by atoms with Crippen LogP contribution in [-0.4, -0.2) is 85.8 Å². The van der Waals surface area contributed by atoms with E-state index < -0.39 is 5.97 Å². The summed E-state index contributed by atoms with van der Waals surface area (Å²) in [5.74, 6) is -0.771. The first-order chi connectivity index (χ1) is 15.9. The summed E-state index contributed by atoms with van der Waals surface area (Å²) in [6.07, 6.45) is 2.01. The number of unbranched alkanes of at least 4 members (excludes halogenated alkanes) is 1. The van der Waals surface area contributed by atoms with Crippen LogP contribution in [0.1, 0.15) is 30.1 Å². The van der Waals surface area contributed by atoms with E-state index in [1.165, 1.54) is 7.11 Å². The monoisotopic (exact) mass is 457 g/mol. The van der Waals surface area contributed by atoms with Crippen molar-refractivity contribution < 1.29 is 24.2 Å². The van der Waals surface area contributed by atoms with E-state index >= 15 is 0 Å². The van der Waals surface area contributed by atoms with E-state index in [1.54, 1.807) is 24.3 Å². The lowest BCUT2D eigenvalue weighted by Crippen LogP contribution is -2.49. The first kappa shape index (κ1) is 24.4. The number of hydrogen-bond acceptors (Lipinski definition) is 7. The molecule has 1 aromatic carbocycles. The Hall–Kier alpha value is -3.24. The molecule has 1 aliphatic heterocycles. The van der Waals surface area contributed by atoms with Gasteiger partial charge >= 0.3 is 5.97 Å². The van der Waals surface area contributed by atoms with Crippen LogP contribution in [0.5, 0.6) is 0 Å². The van der Waals surface area contributed by atoms with Gasteiger partial charge in [0.05, 0.1) is 17.6 Å². The summed E-state index contributed by atoms with van der Waals surface area (Å²) in [6.45, 7) is 5.72. The van der Waals surface area contributed by atoms with Crippen LogP contribution < -0.4 is 15.5 Å². The lowest BCUT2D eigenvalue weighted by Gasteiger charge is -2.35. The number of anilines is 2. The van der Waals surface area contributed by atoms with Crippen molar-refractivity contribution in [2.75, 3.05) is 63.2 Å². The van der Waals surface area contributed by atoms with Crippen LogP contribution in [0.4, 0.5) is 11.5 Å². The molecule has 3 rings (SSSR count). The molecule has 2 amide bonds. The molecule has 0 saturated carbocycles. The number of benzene rings is 1. The van der Waals surface area contributed by atoms with E-state index in [1.807, 2.05) is 4.90 Å². The SMILES string of the molecule is CCCCNC(=O)CN1CCN(c2cc(C(=O)O)c3cc(NC(=O)COC)ccc3n2)CC1. The fourth-order valence-corrected chi connectivity index (χ4v) is 3.76. The van der Waals surface area contributed by atoms with E-state index in [0.717, 1.165) is 12.8 Å². The van der Waals surface area contributed by atoms with E-state index in [-0.39, 0.29) is 24.0 Å². The number of carbonyl (C=O) groups excluding carboxylic acids is 2. The standard InChI is InChI=1S/C23H31N5O5/c1-3-4-7-24-21(29)14-27-8-10-28(11-9-27)20-13-18(23(31)32)17-12-16(5-6-19(17)26-20)25-22(30)15-33-2/h5-6,12-13H,3-4,7-11,14-15H2,1-2H3,(H,24,29)(H,25,30)(H,31,32). The highest BCUT2D eigenvalue weighted by Crippen LogP contribution is 2.26. The van der Waals surface area contributed by atoms with Crippen LogP contribution in [0.15, 0.2) is 24.3 Å². The van der Waals surface area contributed by atoms with Gasteiger partial charge in [0.1, 0.15) is 12.4 Å². The molecule has 2 heterocycles. The second-order valence-electron chi connectivity index (χ2n) is 8.01. The van der Waals surface area contributed by atoms with Gasteiger partial charge in [0.15, 0.2) is 0 Å². The minimum atomic E-state index is -1.06. The fraction of sp³-hybridized carbons (Fsp3) is 0.478. The third kappa shape index (κ3) is 6.62. The number of fused-ring (bicyclic) bond motifs is 1. The van der Waals surface area contributed by atoms with Crippen molar-refractivity contribution in [1.82, 2.24) is 15.2 Å². The zero-order valence-corrected chi connectivity index (χ0v) is 19.1. The number of pyridine rings is 1. The molecule has 0 spiro atoms. The molecular weight excluding hydrogens is 426 g/mol. The van der Waals surface area contributed by atoms with Crippen molar-refractivity contribution in [2.24, 2.45) is 0 Å². The number of carbonyl (C=O) groups is 3. The van der Waals surface area contributed by atoms with Gasteiger partial charge < -0.3 is 25.4 Å². The average Bonchev–Trinajstić information content (AvgIpc) is 2.79. The summed E-state index contributed by atoms with van der Waals surface area (Å²) in [7, 11) is 1.43. The normalized spacial score (nSPS) is 14.3. The molecule has 3 N–H and O–H groups in total. The molecule has 0 bridgehead atoms. The van der Waals surface area contributed by atoms with Crippen molar-refractivity contribution in [1.29, 1.82) is 0 Å². The van der Waals surface area contributed by atoms with E-state index in [0.29, 0.717) is 61.7 Å². The number of methoxy groups -OCH3 is 1. The van der Waals surface area contributed by atoms with Gasteiger partial charge in [0.25, 0.3) is 0 Å². The molecule has 10 nitrogen and oxygen atoms in total. The maximum absolute atomic E-state index is 12.1. The topological polar surface area (TPSA) is 124 Å². The number of nitrogens with one attached hydrogen (secondary N) is 2. The molecule has 178 valence electrons. The van der Waals surface area contributed by atoms with Gasteiger partial charge in [-0.1, -0.05) is 13.3 Å². The number of hydrogen-bond donors (Lipinski definition) is 3. The van der Waals surface area contributed by atoms with Crippen LogP contribution in [0.3, 0.4) is 0 Å². The predicted octanol–water partition coefficient (Wildman–Crippen LogP) is 1.56. The Kier molecular flexibility index (Phi) is 8.56. The Labute approximate surface area is 192 Å². The minimum absolute atomic E-state index is 0.0299. The predicted molar refractivity (Wildman–Crippen MR) is 126 cm³/mol. The van der Waals surface area contributed by atoms with Gasteiger partial charge in [0, 0.05) is 50.9 Å². The molecule has 1 aromatic heterocycles. The van der Waals surface area contributed by atoms with Gasteiger partial charge in [0.2, 0.25) is 11.8 Å². The lowest BCUT2D eigenvalue weighted by atomic mass is 10.1. The number of rotatable bonds is 10. The zero-order valence-electron chi connectivity index (χ0n) is 19.1. The van der Waals surface area contributed by atoms with Crippen LogP contribution in [0.25, 0.3) is 10.9 Å². The van der Waals surface area contributed by atoms with Gasteiger partial charge in [-0.3, -0.25) is 14.5 Å². The number of nitrogens with zero attached hydrogens (tertiary/aromatic N) is 3. The third-order valence-electron chi connectivity index (χ3n) is 5.50. The molecule has 0 aliphatic carbocycles. The second-order valence-corrected chi connectivity index (χ2v) is 8.01. The van der Waals surface area contributed by atoms with E-state index in [4.69, 9.17) is 4.74 Å². The van der Waals surface area contributed by atoms with Gasteiger partial charge in [-0.25, -0.2) is 9.78 Å². The molecule has 1 fully saturated rings. The quantitative estimate of drug-likeness (QED) is 0.459. The Morgan fingerprint density at radius 3 is 2.55 bits per heavy atom. The Bertz CT molecular complexity index is 1000. The molecule has 1 aliphatic rings. The smallest absolute Gasteiger partial charge is 0.336 e. The lowest BCUT2D eigenvalue weighted by molar-refractivity contribution is -0.122. The maximum Gasteiger partial charge on any atom is 0.336 e. The van der Waals surface area contributed by atoms with Crippen molar-refractivity contribution >= 4 is 40.2 Å². The summed E-state index contributed by atoms with van der Waals surface area (Å²) >= 11 is 0. The molecule has 33 heavy (non-hydrogen) atoms. The maximum atomic E-state index is 12.1. The van der Waals surface area contributed by atoms with Crippen molar-refractivity contribution in [3.63, 3.8) is 0 Å². The first-order valence-electron chi connectivity index (χ1n) is 11.1. The second kappa shape index (κ2) is 11.6. The zero-order chi connectivity index (χ0) is 23.8. The molecular formula is C23H31N5O5. The summed E-state index contributed by atoms with van der Waals surface area (Å²) in [6, 6.07) is 6.56. The number of carboxylic acid groups (broad SMARTS) is 1. The van der Waals surface area contributed by atoms with E-state index in [9.17, 15) is 19.5 Å². The largest absolute Gasteiger partial charge is 0.478 e. The Morgan fingerprint density at radius 1 is 1.12 bits per heavy atom. The van der Waals surface area contributed by atoms with Crippen molar-refractivity contribution in [2.45, 2.75) is 19.8 Å². The number of aromatic nitrogens is 1. The highest BCUT2D eigenvalue weighted by Gasteiger charge is 2.22. The van der Waals surface area contributed by atoms with Gasteiger partial charge in [-0.2, -0.15) is 0 Å². The van der Waals surface area contributed by atoms with Crippen LogP contribution in [0.2, 0.25) is 0 Å². The first-order valence-corrected chi connectivity index (χ1v) is 11.1. The highest BCUT2D eigenvalue weighted by molar-refractivity contribution is 6.05. The minimum Gasteiger partial charge on any atom is -0.478 e. The summed E-state index contributed by atoms with van der Waals surface area (Å²) in [5.41, 5.74) is 1.13. The molecule has 0 radical (unpaired) electrons. The highest BCUT2D eigenvalue weighted by atomic mass is 16.5. The Morgan fingerprint density at radius 2 is 1.88 bits per heavy atom. The number of aromatic carboxylic acids is 1. The van der Waals surface area contributed by atoms with Crippen molar-refractivity contribution in [3.05, 3.63) is 29.8 Å². The van der Waals surface area contributed by atoms with Gasteiger partial charge in [-0.05, 0) is 30.7 Å². The average molecular weight is 458 g/mol. The molecule has 2 aromatic rings. The molecule has 0 unspecified atom stereocenters. The summed E-state index contributed by atoms with van der Waals surface area (Å²) < 4.78 is 4.81. The Balaban J connectivity index is 1.70. The molecule has 0 atom stereocenters. The van der Waals surface area contributed by atoms with Crippen molar-refractivity contribution in [3.8, 4) is 0 Å². The molecule has 10 heteroatoms. The number of ether oxygens (including phenoxy) is 1. The number of carboxylic acids is 1. The number of amides is 2. The summed E-state index contributed by atoms with van der Waals surface area (Å²) in [4.78, 5) is 44.6. The summed E-state index contributed by atoms with van der Waals surface area (Å²) in [5, 5.41) is 15.8. The number of piperazine rings is 1. The van der Waals surface area contributed by atoms with Crippen LogP contribution in [0, 0.1) is 0 Å². The van der Waals surface area contributed by atoms with Crippen LogP contribution >= 0.6 is 0 Å². The van der Waals surface area contributed by atoms with Gasteiger partial charge in [-0.15, -0.1) is 0 Å². The van der Waals surface area contributed by atoms with E-state index in [2.05, 4.69) is 27.4 Å². The third-order valence-corrected chi connectivity index (χ3v) is 5.50. The fourth-order valence-electron chi connectivity index (χ4n) is 3.76.